The number of thioether (sulfide) groups is 1. The molecule has 4 rings (SSSR count). The van der Waals surface area contributed by atoms with E-state index in [1.54, 1.807) is 24.0 Å². The molecule has 0 bridgehead atoms. The van der Waals surface area contributed by atoms with E-state index in [0.717, 1.165) is 43.3 Å². The molecule has 1 amide bonds. The number of aryl methyl sites for hydroxylation is 1. The molecule has 0 spiro atoms. The van der Waals surface area contributed by atoms with Crippen molar-refractivity contribution in [1.82, 2.24) is 14.6 Å². The fraction of sp³-hybridized carbons (Fsp3) is 0.136. The topological polar surface area (TPSA) is 68.5 Å². The van der Waals surface area contributed by atoms with E-state index in [1.807, 2.05) is 55.5 Å². The number of amides is 1. The summed E-state index contributed by atoms with van der Waals surface area (Å²) in [5, 5.41) is 8.31. The Morgan fingerprint density at radius 1 is 1.20 bits per heavy atom. The summed E-state index contributed by atoms with van der Waals surface area (Å²) in [6.07, 6.45) is 3.49. The zero-order chi connectivity index (χ0) is 21.1. The number of carbonyl (C=O) groups is 1. The number of aromatic nitrogens is 3. The standard InChI is InChI=1S/C22H19BrN4O2S/c1-14-3-8-18(17(23)11-14)25-21(28)13-30-22-20-12-19(26-27(20)10-9-24-22)15-4-6-16(29-2)7-5-15/h3-12H,13H2,1-2H3,(H,25,28). The molecule has 0 atom stereocenters. The van der Waals surface area contributed by atoms with Crippen LogP contribution in [0, 0.1) is 6.92 Å². The first kappa shape index (κ1) is 20.4. The first-order valence-electron chi connectivity index (χ1n) is 9.21. The molecule has 152 valence electrons. The first-order valence-corrected chi connectivity index (χ1v) is 11.0. The van der Waals surface area contributed by atoms with Crippen molar-refractivity contribution in [2.24, 2.45) is 0 Å². The van der Waals surface area contributed by atoms with Crippen LogP contribution >= 0.6 is 27.7 Å². The van der Waals surface area contributed by atoms with Gasteiger partial charge in [0.25, 0.3) is 0 Å². The number of anilines is 1. The number of benzene rings is 2. The van der Waals surface area contributed by atoms with Crippen LogP contribution in [0.2, 0.25) is 0 Å². The maximum absolute atomic E-state index is 12.4. The van der Waals surface area contributed by atoms with E-state index in [1.165, 1.54) is 11.8 Å². The van der Waals surface area contributed by atoms with Crippen molar-refractivity contribution >= 4 is 44.8 Å². The molecule has 0 aliphatic carbocycles. The molecular formula is C22H19BrN4O2S. The Morgan fingerprint density at radius 2 is 2.00 bits per heavy atom. The first-order chi connectivity index (χ1) is 14.5. The summed E-state index contributed by atoms with van der Waals surface area (Å²) in [5.74, 6) is 0.950. The third-order valence-corrected chi connectivity index (χ3v) is 6.13. The number of nitrogens with zero attached hydrogens (tertiary/aromatic N) is 3. The third-order valence-electron chi connectivity index (χ3n) is 4.48. The van der Waals surface area contributed by atoms with Gasteiger partial charge in [0.15, 0.2) is 0 Å². The SMILES string of the molecule is COc1ccc(-c2cc3c(SCC(=O)Nc4ccc(C)cc4Br)nccn3n2)cc1. The third kappa shape index (κ3) is 4.49. The van der Waals surface area contributed by atoms with Crippen molar-refractivity contribution in [3.05, 3.63) is 71.0 Å². The highest BCUT2D eigenvalue weighted by atomic mass is 79.9. The van der Waals surface area contributed by atoms with Gasteiger partial charge >= 0.3 is 0 Å². The van der Waals surface area contributed by atoms with Gasteiger partial charge in [-0.25, -0.2) is 9.50 Å². The molecule has 8 heteroatoms. The normalized spacial score (nSPS) is 10.9. The molecule has 6 nitrogen and oxygen atoms in total. The summed E-state index contributed by atoms with van der Waals surface area (Å²) in [5.41, 5.74) is 4.55. The molecule has 0 radical (unpaired) electrons. The Labute approximate surface area is 186 Å². The van der Waals surface area contributed by atoms with Crippen LogP contribution in [0.3, 0.4) is 0 Å². The molecule has 0 fully saturated rings. The molecule has 2 aromatic heterocycles. The minimum absolute atomic E-state index is 0.0942. The lowest BCUT2D eigenvalue weighted by Crippen LogP contribution is -2.14. The average Bonchev–Trinajstić information content (AvgIpc) is 3.19. The minimum atomic E-state index is -0.0942. The van der Waals surface area contributed by atoms with Crippen LogP contribution in [0.5, 0.6) is 5.75 Å². The van der Waals surface area contributed by atoms with Gasteiger partial charge in [0, 0.05) is 22.4 Å². The molecule has 0 saturated heterocycles. The Balaban J connectivity index is 1.50. The van der Waals surface area contributed by atoms with Crippen LogP contribution in [-0.2, 0) is 4.79 Å². The van der Waals surface area contributed by atoms with E-state index in [9.17, 15) is 4.79 Å². The Morgan fingerprint density at radius 3 is 2.73 bits per heavy atom. The number of methoxy groups -OCH3 is 1. The molecule has 0 aliphatic heterocycles. The second-order valence-electron chi connectivity index (χ2n) is 6.64. The number of hydrogen-bond donors (Lipinski definition) is 1. The molecule has 2 aromatic carbocycles. The predicted octanol–water partition coefficient (Wildman–Crippen LogP) is 5.21. The van der Waals surface area contributed by atoms with Crippen LogP contribution in [0.4, 0.5) is 5.69 Å². The predicted molar refractivity (Wildman–Crippen MR) is 123 cm³/mol. The van der Waals surface area contributed by atoms with Gasteiger partial charge in [-0.15, -0.1) is 0 Å². The van der Waals surface area contributed by atoms with E-state index in [4.69, 9.17) is 4.74 Å². The molecule has 1 N–H and O–H groups in total. The Hall–Kier alpha value is -2.84. The van der Waals surface area contributed by atoms with Gasteiger partial charge in [0.2, 0.25) is 5.91 Å². The second kappa shape index (κ2) is 8.89. The molecule has 0 saturated carbocycles. The van der Waals surface area contributed by atoms with Crippen molar-refractivity contribution in [2.75, 3.05) is 18.2 Å². The van der Waals surface area contributed by atoms with Gasteiger partial charge in [-0.05, 0) is 70.9 Å². The fourth-order valence-corrected chi connectivity index (χ4v) is 4.32. The maximum atomic E-state index is 12.4. The maximum Gasteiger partial charge on any atom is 0.234 e. The highest BCUT2D eigenvalue weighted by Crippen LogP contribution is 2.28. The summed E-state index contributed by atoms with van der Waals surface area (Å²) >= 11 is 4.87. The monoisotopic (exact) mass is 482 g/mol. The number of nitrogens with one attached hydrogen (secondary N) is 1. The summed E-state index contributed by atoms with van der Waals surface area (Å²) in [6, 6.07) is 15.5. The Bertz CT molecular complexity index is 1210. The van der Waals surface area contributed by atoms with E-state index in [2.05, 4.69) is 31.3 Å². The molecular weight excluding hydrogens is 464 g/mol. The highest BCUT2D eigenvalue weighted by Gasteiger charge is 2.12. The number of halogens is 1. The van der Waals surface area contributed by atoms with E-state index >= 15 is 0 Å². The van der Waals surface area contributed by atoms with Gasteiger partial charge in [-0.1, -0.05) is 17.8 Å². The quantitative estimate of drug-likeness (QED) is 0.382. The summed E-state index contributed by atoms with van der Waals surface area (Å²) < 4.78 is 7.86. The van der Waals surface area contributed by atoms with Gasteiger partial charge in [-0.2, -0.15) is 5.10 Å². The zero-order valence-electron chi connectivity index (χ0n) is 16.4. The lowest BCUT2D eigenvalue weighted by molar-refractivity contribution is -0.113. The summed E-state index contributed by atoms with van der Waals surface area (Å²) in [6.45, 7) is 2.00. The van der Waals surface area contributed by atoms with Crippen LogP contribution in [0.1, 0.15) is 5.56 Å². The molecule has 30 heavy (non-hydrogen) atoms. The van der Waals surface area contributed by atoms with Crippen LogP contribution < -0.4 is 10.1 Å². The second-order valence-corrected chi connectivity index (χ2v) is 8.46. The number of carbonyl (C=O) groups excluding carboxylic acids is 1. The summed E-state index contributed by atoms with van der Waals surface area (Å²) in [7, 11) is 1.64. The van der Waals surface area contributed by atoms with Gasteiger partial charge < -0.3 is 10.1 Å². The molecule has 4 aromatic rings. The van der Waals surface area contributed by atoms with E-state index < -0.39 is 0 Å². The number of fused-ring (bicyclic) bond motifs is 1. The van der Waals surface area contributed by atoms with Crippen molar-refractivity contribution in [3.63, 3.8) is 0 Å². The van der Waals surface area contributed by atoms with Crippen molar-refractivity contribution in [1.29, 1.82) is 0 Å². The molecule has 0 aliphatic rings. The average molecular weight is 483 g/mol. The Kier molecular flexibility index (Phi) is 6.06. The fourth-order valence-electron chi connectivity index (χ4n) is 2.95. The van der Waals surface area contributed by atoms with Crippen LogP contribution in [0.15, 0.2) is 70.4 Å². The van der Waals surface area contributed by atoms with Gasteiger partial charge in [0.1, 0.15) is 10.8 Å². The lowest BCUT2D eigenvalue weighted by atomic mass is 10.1. The molecule has 2 heterocycles. The highest BCUT2D eigenvalue weighted by molar-refractivity contribution is 9.10. The van der Waals surface area contributed by atoms with Gasteiger partial charge in [-0.3, -0.25) is 4.79 Å². The van der Waals surface area contributed by atoms with Gasteiger partial charge in [0.05, 0.1) is 29.8 Å². The van der Waals surface area contributed by atoms with Crippen molar-refractivity contribution in [3.8, 4) is 17.0 Å². The minimum Gasteiger partial charge on any atom is -0.497 e. The van der Waals surface area contributed by atoms with E-state index in [0.29, 0.717) is 0 Å². The van der Waals surface area contributed by atoms with Crippen LogP contribution in [-0.4, -0.2) is 33.4 Å². The van der Waals surface area contributed by atoms with Crippen molar-refractivity contribution in [2.45, 2.75) is 11.9 Å². The number of ether oxygens (including phenoxy) is 1. The van der Waals surface area contributed by atoms with Crippen LogP contribution in [0.25, 0.3) is 16.8 Å². The lowest BCUT2D eigenvalue weighted by Gasteiger charge is -2.08. The zero-order valence-corrected chi connectivity index (χ0v) is 18.8. The number of rotatable bonds is 6. The summed E-state index contributed by atoms with van der Waals surface area (Å²) in [4.78, 5) is 16.9. The molecule has 0 unspecified atom stereocenters. The number of hydrogen-bond acceptors (Lipinski definition) is 5. The van der Waals surface area contributed by atoms with E-state index in [-0.39, 0.29) is 11.7 Å². The smallest absolute Gasteiger partial charge is 0.234 e. The largest absolute Gasteiger partial charge is 0.497 e. The van der Waals surface area contributed by atoms with Crippen molar-refractivity contribution < 1.29 is 9.53 Å².